The number of likely N-dealkylation sites (N-methyl/N-ethyl adjacent to an activating group) is 1. The molecule has 0 radical (unpaired) electrons. The summed E-state index contributed by atoms with van der Waals surface area (Å²) in [6.07, 6.45) is 3.81. The largest absolute Gasteiger partial charge is 0.463 e. The maximum absolute atomic E-state index is 12.1. The summed E-state index contributed by atoms with van der Waals surface area (Å²) in [5, 5.41) is 6.14. The van der Waals surface area contributed by atoms with Gasteiger partial charge >= 0.3 is 5.97 Å². The third-order valence-corrected chi connectivity index (χ3v) is 4.13. The first-order valence-electron chi connectivity index (χ1n) is 8.44. The summed E-state index contributed by atoms with van der Waals surface area (Å²) in [5.41, 5.74) is 0.601. The molecule has 6 heteroatoms. The van der Waals surface area contributed by atoms with Gasteiger partial charge in [0.05, 0.1) is 24.9 Å². The molecule has 1 aliphatic carbocycles. The number of ether oxygens (including phenoxy) is 2. The molecule has 1 rings (SSSR count). The van der Waals surface area contributed by atoms with E-state index < -0.39 is 0 Å². The zero-order chi connectivity index (χ0) is 17.4. The molecule has 1 amide bonds. The lowest BCUT2D eigenvalue weighted by molar-refractivity contribution is -0.139. The molecule has 0 heterocycles. The number of hydrogen-bond donors (Lipinski definition) is 2. The molecule has 0 aromatic carbocycles. The van der Waals surface area contributed by atoms with Crippen LogP contribution in [0, 0.1) is 0 Å². The van der Waals surface area contributed by atoms with Crippen LogP contribution in [0.3, 0.4) is 0 Å². The van der Waals surface area contributed by atoms with E-state index in [0.717, 1.165) is 12.8 Å². The van der Waals surface area contributed by atoms with Crippen LogP contribution >= 0.6 is 0 Å². The van der Waals surface area contributed by atoms with E-state index in [1.54, 1.807) is 6.92 Å². The SMILES string of the molecule is CCOC(=O)C1=CC(OC(CC)CC)[C@H](NC(C)=O)[C@@H](NC)C1. The van der Waals surface area contributed by atoms with Gasteiger partial charge in [0.2, 0.25) is 5.91 Å². The van der Waals surface area contributed by atoms with Crippen molar-refractivity contribution in [2.45, 2.75) is 71.2 Å². The van der Waals surface area contributed by atoms with Gasteiger partial charge in [-0.15, -0.1) is 0 Å². The normalized spacial score (nSPS) is 24.3. The summed E-state index contributed by atoms with van der Waals surface area (Å²) in [7, 11) is 1.82. The smallest absolute Gasteiger partial charge is 0.333 e. The van der Waals surface area contributed by atoms with Crippen LogP contribution in [0.5, 0.6) is 0 Å². The molecule has 23 heavy (non-hydrogen) atoms. The summed E-state index contributed by atoms with van der Waals surface area (Å²) < 4.78 is 11.3. The number of carbonyl (C=O) groups excluding carboxylic acids is 2. The molecule has 0 aromatic rings. The lowest BCUT2D eigenvalue weighted by Gasteiger charge is -2.38. The molecular weight excluding hydrogens is 296 g/mol. The van der Waals surface area contributed by atoms with Gasteiger partial charge in [-0.2, -0.15) is 0 Å². The van der Waals surface area contributed by atoms with Crippen LogP contribution in [0.4, 0.5) is 0 Å². The van der Waals surface area contributed by atoms with E-state index in [1.807, 2.05) is 13.1 Å². The highest BCUT2D eigenvalue weighted by Crippen LogP contribution is 2.25. The van der Waals surface area contributed by atoms with Crippen molar-refractivity contribution in [2.75, 3.05) is 13.7 Å². The van der Waals surface area contributed by atoms with Gasteiger partial charge in [0, 0.05) is 18.5 Å². The third kappa shape index (κ3) is 5.62. The summed E-state index contributed by atoms with van der Waals surface area (Å²) >= 11 is 0. The number of rotatable bonds is 8. The lowest BCUT2D eigenvalue weighted by Crippen LogP contribution is -2.57. The molecular formula is C17H30N2O4. The second-order valence-electron chi connectivity index (χ2n) is 5.78. The molecule has 6 nitrogen and oxygen atoms in total. The highest BCUT2D eigenvalue weighted by Gasteiger charge is 2.36. The molecule has 0 spiro atoms. The Morgan fingerprint density at radius 3 is 2.43 bits per heavy atom. The molecule has 132 valence electrons. The Balaban J connectivity index is 3.06. The van der Waals surface area contributed by atoms with Gasteiger partial charge in [-0.1, -0.05) is 13.8 Å². The fourth-order valence-electron chi connectivity index (χ4n) is 2.86. The highest BCUT2D eigenvalue weighted by molar-refractivity contribution is 5.89. The van der Waals surface area contributed by atoms with E-state index in [9.17, 15) is 9.59 Å². The Labute approximate surface area is 139 Å². The number of hydrogen-bond acceptors (Lipinski definition) is 5. The zero-order valence-electron chi connectivity index (χ0n) is 14.8. The van der Waals surface area contributed by atoms with Gasteiger partial charge < -0.3 is 20.1 Å². The second-order valence-corrected chi connectivity index (χ2v) is 5.78. The summed E-state index contributed by atoms with van der Waals surface area (Å²) in [6.45, 7) is 7.75. The minimum atomic E-state index is -0.352. The predicted molar refractivity (Wildman–Crippen MR) is 89.0 cm³/mol. The maximum Gasteiger partial charge on any atom is 0.333 e. The van der Waals surface area contributed by atoms with Gasteiger partial charge in [0.25, 0.3) is 0 Å². The van der Waals surface area contributed by atoms with Crippen molar-refractivity contribution in [3.8, 4) is 0 Å². The Kier molecular flexibility index (Phi) is 8.26. The molecule has 0 fully saturated rings. The van der Waals surface area contributed by atoms with E-state index >= 15 is 0 Å². The van der Waals surface area contributed by atoms with E-state index in [1.165, 1.54) is 6.92 Å². The van der Waals surface area contributed by atoms with Crippen molar-refractivity contribution in [1.82, 2.24) is 10.6 Å². The fraction of sp³-hybridized carbons (Fsp3) is 0.765. The number of amides is 1. The molecule has 0 saturated carbocycles. The molecule has 1 aliphatic rings. The molecule has 0 bridgehead atoms. The summed E-state index contributed by atoms with van der Waals surface area (Å²) in [6, 6.07) is -0.293. The van der Waals surface area contributed by atoms with Gasteiger partial charge in [-0.05, 0) is 39.3 Å². The zero-order valence-corrected chi connectivity index (χ0v) is 14.8. The van der Waals surface area contributed by atoms with Crippen molar-refractivity contribution >= 4 is 11.9 Å². The molecule has 0 aliphatic heterocycles. The van der Waals surface area contributed by atoms with Crippen LogP contribution < -0.4 is 10.6 Å². The average Bonchev–Trinajstić information content (AvgIpc) is 2.53. The van der Waals surface area contributed by atoms with Crippen LogP contribution in [0.2, 0.25) is 0 Å². The minimum absolute atomic E-state index is 0.0809. The summed E-state index contributed by atoms with van der Waals surface area (Å²) in [4.78, 5) is 23.7. The summed E-state index contributed by atoms with van der Waals surface area (Å²) in [5.74, 6) is -0.423. The number of esters is 1. The van der Waals surface area contributed by atoms with E-state index in [2.05, 4.69) is 24.5 Å². The molecule has 0 aromatic heterocycles. The average molecular weight is 326 g/mol. The topological polar surface area (TPSA) is 76.7 Å². The van der Waals surface area contributed by atoms with Crippen LogP contribution in [-0.4, -0.2) is 49.8 Å². The van der Waals surface area contributed by atoms with E-state index in [0.29, 0.717) is 18.6 Å². The van der Waals surface area contributed by atoms with Gasteiger partial charge in [0.15, 0.2) is 0 Å². The third-order valence-electron chi connectivity index (χ3n) is 4.13. The van der Waals surface area contributed by atoms with Crippen molar-refractivity contribution in [1.29, 1.82) is 0 Å². The van der Waals surface area contributed by atoms with Gasteiger partial charge in [-0.25, -0.2) is 4.79 Å². The standard InChI is InChI=1S/C17H30N2O4/c1-6-13(7-2)23-15-10-12(17(21)22-8-3)9-14(18-5)16(15)19-11(4)20/h10,13-16,18H,6-9H2,1-5H3,(H,19,20)/t14-,15?,16+/m0/s1. The van der Waals surface area contributed by atoms with E-state index in [4.69, 9.17) is 9.47 Å². The molecule has 3 atom stereocenters. The predicted octanol–water partition coefficient (Wildman–Crippen LogP) is 1.55. The Morgan fingerprint density at radius 1 is 1.30 bits per heavy atom. The lowest BCUT2D eigenvalue weighted by atomic mass is 9.87. The molecule has 2 N–H and O–H groups in total. The Bertz CT molecular complexity index is 432. The van der Waals surface area contributed by atoms with Gasteiger partial charge in [-0.3, -0.25) is 4.79 Å². The first kappa shape index (κ1) is 19.6. The van der Waals surface area contributed by atoms with Crippen LogP contribution in [0.1, 0.15) is 47.0 Å². The monoisotopic (exact) mass is 326 g/mol. The number of nitrogens with one attached hydrogen (secondary N) is 2. The Hall–Kier alpha value is -1.40. The molecule has 1 unspecified atom stereocenters. The van der Waals surface area contributed by atoms with Crippen LogP contribution in [0.15, 0.2) is 11.6 Å². The van der Waals surface area contributed by atoms with Crippen LogP contribution in [-0.2, 0) is 19.1 Å². The van der Waals surface area contributed by atoms with Crippen LogP contribution in [0.25, 0.3) is 0 Å². The Morgan fingerprint density at radius 2 is 1.96 bits per heavy atom. The van der Waals surface area contributed by atoms with Crippen molar-refractivity contribution in [3.63, 3.8) is 0 Å². The highest BCUT2D eigenvalue weighted by atomic mass is 16.5. The van der Waals surface area contributed by atoms with Crippen molar-refractivity contribution < 1.29 is 19.1 Å². The first-order valence-corrected chi connectivity index (χ1v) is 8.44. The van der Waals surface area contributed by atoms with Gasteiger partial charge in [0.1, 0.15) is 0 Å². The van der Waals surface area contributed by atoms with Crippen molar-refractivity contribution in [2.24, 2.45) is 0 Å². The molecule has 0 saturated heterocycles. The fourth-order valence-corrected chi connectivity index (χ4v) is 2.86. The quantitative estimate of drug-likeness (QED) is 0.662. The second kappa shape index (κ2) is 9.67. The van der Waals surface area contributed by atoms with E-state index in [-0.39, 0.29) is 36.2 Å². The van der Waals surface area contributed by atoms with Crippen molar-refractivity contribution in [3.05, 3.63) is 11.6 Å². The minimum Gasteiger partial charge on any atom is -0.463 e. The number of carbonyl (C=O) groups is 2. The maximum atomic E-state index is 12.1. The first-order chi connectivity index (χ1) is 11.0.